The number of rotatable bonds is 1. The summed E-state index contributed by atoms with van der Waals surface area (Å²) < 4.78 is 0. The molecule has 2 heterocycles. The lowest BCUT2D eigenvalue weighted by atomic mass is 9.53. The zero-order chi connectivity index (χ0) is 28.2. The molecule has 39 heavy (non-hydrogen) atoms. The molecular weight excluding hydrogens is 471 g/mol. The van der Waals surface area contributed by atoms with Gasteiger partial charge in [-0.05, 0) is 121 Å². The molecular formula is C36H63BN2. The van der Waals surface area contributed by atoms with Crippen molar-refractivity contribution in [1.82, 2.24) is 4.90 Å². The fourth-order valence-electron chi connectivity index (χ4n) is 11.5. The van der Waals surface area contributed by atoms with Crippen molar-refractivity contribution in [1.29, 1.82) is 0 Å². The molecule has 2 saturated heterocycles. The summed E-state index contributed by atoms with van der Waals surface area (Å²) in [6.07, 6.45) is 15.5. The minimum absolute atomic E-state index is 0.372. The predicted molar refractivity (Wildman–Crippen MR) is 169 cm³/mol. The van der Waals surface area contributed by atoms with Gasteiger partial charge in [-0.2, -0.15) is 0 Å². The number of nitrogens with two attached hydrogens (primary N) is 1. The Labute approximate surface area is 243 Å². The number of hydrogen-bond donors (Lipinski definition) is 1. The molecule has 0 radical (unpaired) electrons. The third-order valence-corrected chi connectivity index (χ3v) is 14.0. The average molecular weight is 535 g/mol. The minimum Gasteiger partial charge on any atom is -0.327 e. The van der Waals surface area contributed by atoms with Crippen molar-refractivity contribution in [2.75, 3.05) is 0 Å². The lowest BCUT2D eigenvalue weighted by Crippen LogP contribution is -2.51. The summed E-state index contributed by atoms with van der Waals surface area (Å²) in [6, 6.07) is 2.81. The fourth-order valence-corrected chi connectivity index (χ4v) is 11.5. The van der Waals surface area contributed by atoms with Crippen molar-refractivity contribution in [2.24, 2.45) is 69.3 Å². The molecule has 220 valence electrons. The molecule has 5 fully saturated rings. The molecule has 0 aromatic carbocycles. The Morgan fingerprint density at radius 2 is 1.28 bits per heavy atom. The Morgan fingerprint density at radius 3 is 1.90 bits per heavy atom. The van der Waals surface area contributed by atoms with Gasteiger partial charge in [0.2, 0.25) is 0 Å². The van der Waals surface area contributed by atoms with E-state index in [1.165, 1.54) is 57.8 Å². The molecule has 2 nitrogen and oxygen atoms in total. The predicted octanol–water partition coefficient (Wildman–Crippen LogP) is 7.73. The summed E-state index contributed by atoms with van der Waals surface area (Å²) in [4.78, 5) is 3.22. The van der Waals surface area contributed by atoms with E-state index in [-0.39, 0.29) is 0 Å². The number of nitrogens with zero attached hydrogens (tertiary/aromatic N) is 1. The van der Waals surface area contributed by atoms with E-state index < -0.39 is 0 Å². The van der Waals surface area contributed by atoms with Gasteiger partial charge >= 0.3 is 0 Å². The van der Waals surface area contributed by atoms with Crippen LogP contribution in [0.1, 0.15) is 120 Å². The lowest BCUT2D eigenvalue weighted by Gasteiger charge is -2.51. The standard InChI is InChI=1S/C36H63BN2/c1-34(2,3)20-10-12-30(38)24(14-20)23-19-32-26(18-29(23)37)28-17-22(36(7,8)9)16-27-25-15-21(35(4,5)6)11-13-31(25)39(32)33(27)28/h17,20-27,29-33H,10-16,18-19,37-38H2,1-9H3. The van der Waals surface area contributed by atoms with E-state index >= 15 is 0 Å². The minimum atomic E-state index is 0.372. The third kappa shape index (κ3) is 4.84. The van der Waals surface area contributed by atoms with Crippen LogP contribution in [-0.2, 0) is 0 Å². The quantitative estimate of drug-likeness (QED) is 0.276. The van der Waals surface area contributed by atoms with Crippen LogP contribution in [0.4, 0.5) is 0 Å². The molecule has 3 heteroatoms. The Balaban J connectivity index is 1.33. The Kier molecular flexibility index (Phi) is 7.11. The van der Waals surface area contributed by atoms with Crippen LogP contribution in [0.25, 0.3) is 0 Å². The SMILES string of the molecule is BC1CC2C3=CC(C(C)(C)C)CC4C5CC(C(C)(C)C)CCC5N(C2CC1C1CC(C(C)(C)C)CCC1N)C34. The van der Waals surface area contributed by atoms with Gasteiger partial charge in [-0.15, -0.1) is 0 Å². The molecule has 0 spiro atoms. The van der Waals surface area contributed by atoms with Crippen LogP contribution in [-0.4, -0.2) is 36.9 Å². The molecule has 0 amide bonds. The second kappa shape index (κ2) is 9.62. The van der Waals surface area contributed by atoms with E-state index in [4.69, 9.17) is 5.73 Å². The normalized spacial score (nSPS) is 48.8. The van der Waals surface area contributed by atoms with Gasteiger partial charge in [-0.3, -0.25) is 4.90 Å². The van der Waals surface area contributed by atoms with Crippen LogP contribution < -0.4 is 5.73 Å². The zero-order valence-corrected chi connectivity index (χ0v) is 27.5. The van der Waals surface area contributed by atoms with Crippen molar-refractivity contribution in [2.45, 2.75) is 150 Å². The largest absolute Gasteiger partial charge is 0.327 e. The van der Waals surface area contributed by atoms with Crippen LogP contribution in [0.2, 0.25) is 5.82 Å². The Bertz CT molecular complexity index is 949. The zero-order valence-electron chi connectivity index (χ0n) is 27.5. The summed E-state index contributed by atoms with van der Waals surface area (Å²) in [6.45, 7) is 22.5. The highest BCUT2D eigenvalue weighted by molar-refractivity contribution is 6.12. The highest BCUT2D eigenvalue weighted by Crippen LogP contribution is 2.64. The van der Waals surface area contributed by atoms with Crippen molar-refractivity contribution >= 4 is 7.85 Å². The first kappa shape index (κ1) is 28.8. The van der Waals surface area contributed by atoms with Gasteiger partial charge in [0.1, 0.15) is 7.85 Å². The van der Waals surface area contributed by atoms with Gasteiger partial charge in [0.25, 0.3) is 0 Å². The Hall–Kier alpha value is -0.275. The van der Waals surface area contributed by atoms with Gasteiger partial charge in [0, 0.05) is 24.2 Å². The molecule has 6 aliphatic rings. The van der Waals surface area contributed by atoms with Gasteiger partial charge in [0.05, 0.1) is 0 Å². The topological polar surface area (TPSA) is 29.3 Å². The van der Waals surface area contributed by atoms with E-state index in [1.807, 2.05) is 5.57 Å². The second-order valence-electron chi connectivity index (χ2n) is 19.0. The highest BCUT2D eigenvalue weighted by Gasteiger charge is 2.63. The first-order valence-electron chi connectivity index (χ1n) is 17.3. The van der Waals surface area contributed by atoms with Crippen LogP contribution in [0.3, 0.4) is 0 Å². The molecule has 3 saturated carbocycles. The van der Waals surface area contributed by atoms with E-state index in [9.17, 15) is 0 Å². The van der Waals surface area contributed by atoms with E-state index in [2.05, 4.69) is 81.1 Å². The maximum Gasteiger partial charge on any atom is 0.105 e. The van der Waals surface area contributed by atoms with Crippen molar-refractivity contribution in [3.05, 3.63) is 11.6 Å². The van der Waals surface area contributed by atoms with Gasteiger partial charge in [-0.25, -0.2) is 0 Å². The maximum absolute atomic E-state index is 7.01. The lowest BCUT2D eigenvalue weighted by molar-refractivity contribution is 0.0251. The van der Waals surface area contributed by atoms with E-state index in [1.54, 1.807) is 0 Å². The summed E-state index contributed by atoms with van der Waals surface area (Å²) in [7, 11) is 2.62. The van der Waals surface area contributed by atoms with Gasteiger partial charge in [-0.1, -0.05) is 79.8 Å². The summed E-state index contributed by atoms with van der Waals surface area (Å²) >= 11 is 0. The van der Waals surface area contributed by atoms with Crippen molar-refractivity contribution in [3.63, 3.8) is 0 Å². The number of hydrogen-bond acceptors (Lipinski definition) is 2. The maximum atomic E-state index is 7.01. The van der Waals surface area contributed by atoms with E-state index in [0.29, 0.717) is 22.3 Å². The molecule has 2 aliphatic heterocycles. The Morgan fingerprint density at radius 1 is 0.667 bits per heavy atom. The van der Waals surface area contributed by atoms with Crippen molar-refractivity contribution < 1.29 is 0 Å². The molecule has 2 N–H and O–H groups in total. The van der Waals surface area contributed by atoms with Gasteiger partial charge in [0.15, 0.2) is 0 Å². The summed E-state index contributed by atoms with van der Waals surface area (Å²) in [5.41, 5.74) is 10.2. The average Bonchev–Trinajstić information content (AvgIpc) is 3.32. The highest BCUT2D eigenvalue weighted by atomic mass is 15.3. The van der Waals surface area contributed by atoms with Crippen LogP contribution in [0.5, 0.6) is 0 Å². The van der Waals surface area contributed by atoms with E-state index in [0.717, 1.165) is 71.3 Å². The third-order valence-electron chi connectivity index (χ3n) is 14.0. The molecule has 6 rings (SSSR count). The summed E-state index contributed by atoms with van der Waals surface area (Å²) in [5, 5.41) is 0. The molecule has 13 unspecified atom stereocenters. The molecule has 0 bridgehead atoms. The van der Waals surface area contributed by atoms with Crippen LogP contribution >= 0.6 is 0 Å². The van der Waals surface area contributed by atoms with Crippen LogP contribution in [0, 0.1) is 63.6 Å². The monoisotopic (exact) mass is 535 g/mol. The van der Waals surface area contributed by atoms with Crippen LogP contribution in [0.15, 0.2) is 11.6 Å². The summed E-state index contributed by atoms with van der Waals surface area (Å²) in [5.74, 6) is 7.45. The molecule has 0 aromatic heterocycles. The fraction of sp³-hybridized carbons (Fsp3) is 0.944. The van der Waals surface area contributed by atoms with Gasteiger partial charge < -0.3 is 5.73 Å². The second-order valence-corrected chi connectivity index (χ2v) is 19.0. The van der Waals surface area contributed by atoms with Crippen molar-refractivity contribution in [3.8, 4) is 0 Å². The molecule has 0 aromatic rings. The number of fused-ring (bicyclic) bond motifs is 6. The molecule has 13 atom stereocenters. The first-order chi connectivity index (χ1) is 18.1. The number of allylic oxidation sites excluding steroid dienone is 1. The first-order valence-corrected chi connectivity index (χ1v) is 17.3. The molecule has 4 aliphatic carbocycles. The smallest absolute Gasteiger partial charge is 0.105 e.